The van der Waals surface area contributed by atoms with Gasteiger partial charge in [0.25, 0.3) is 0 Å². The van der Waals surface area contributed by atoms with Gasteiger partial charge in [-0.2, -0.15) is 0 Å². The quantitative estimate of drug-likeness (QED) is 0.655. The zero-order valence-corrected chi connectivity index (χ0v) is 7.30. The van der Waals surface area contributed by atoms with Gasteiger partial charge in [0, 0.05) is 11.4 Å². The predicted octanol–water partition coefficient (Wildman–Crippen LogP) is 2.27. The lowest BCUT2D eigenvalue weighted by Crippen LogP contribution is -1.92. The molecule has 1 aromatic rings. The standard InChI is InChI=1S/C10H14N2/c1-3-7(2)8-4-9(11)6-10(12)5-8/h4-6H,2-3,11-12H2,1H3. The molecule has 0 spiro atoms. The zero-order valence-electron chi connectivity index (χ0n) is 7.30. The summed E-state index contributed by atoms with van der Waals surface area (Å²) in [5.41, 5.74) is 14.8. The lowest BCUT2D eigenvalue weighted by atomic mass is 10.0. The molecule has 64 valence electrons. The Labute approximate surface area is 72.9 Å². The molecule has 0 fully saturated rings. The largest absolute Gasteiger partial charge is 0.399 e. The van der Waals surface area contributed by atoms with E-state index in [-0.39, 0.29) is 0 Å². The Hall–Kier alpha value is -1.44. The summed E-state index contributed by atoms with van der Waals surface area (Å²) in [7, 11) is 0. The molecule has 1 rings (SSSR count). The smallest absolute Gasteiger partial charge is 0.0340 e. The Bertz CT molecular complexity index is 282. The highest BCUT2D eigenvalue weighted by atomic mass is 14.6. The van der Waals surface area contributed by atoms with E-state index in [1.54, 1.807) is 6.07 Å². The average Bonchev–Trinajstić information content (AvgIpc) is 2.01. The van der Waals surface area contributed by atoms with Gasteiger partial charge in [-0.15, -0.1) is 0 Å². The first-order valence-corrected chi connectivity index (χ1v) is 3.97. The average molecular weight is 162 g/mol. The molecular formula is C10H14N2. The van der Waals surface area contributed by atoms with Crippen LogP contribution in [0.1, 0.15) is 18.9 Å². The van der Waals surface area contributed by atoms with Crippen LogP contribution >= 0.6 is 0 Å². The topological polar surface area (TPSA) is 52.0 Å². The van der Waals surface area contributed by atoms with Gasteiger partial charge >= 0.3 is 0 Å². The van der Waals surface area contributed by atoms with Crippen molar-refractivity contribution in [2.75, 3.05) is 11.5 Å². The Morgan fingerprint density at radius 2 is 1.75 bits per heavy atom. The summed E-state index contributed by atoms with van der Waals surface area (Å²) >= 11 is 0. The van der Waals surface area contributed by atoms with Crippen LogP contribution in [0.25, 0.3) is 5.57 Å². The summed E-state index contributed by atoms with van der Waals surface area (Å²) in [4.78, 5) is 0. The van der Waals surface area contributed by atoms with E-state index in [4.69, 9.17) is 11.5 Å². The third kappa shape index (κ3) is 1.78. The SMILES string of the molecule is C=C(CC)c1cc(N)cc(N)c1. The van der Waals surface area contributed by atoms with Crippen LogP contribution in [0.5, 0.6) is 0 Å². The van der Waals surface area contributed by atoms with Gasteiger partial charge in [-0.05, 0) is 35.8 Å². The summed E-state index contributed by atoms with van der Waals surface area (Å²) in [5, 5.41) is 0. The van der Waals surface area contributed by atoms with Gasteiger partial charge in [-0.3, -0.25) is 0 Å². The van der Waals surface area contributed by atoms with E-state index in [2.05, 4.69) is 13.5 Å². The van der Waals surface area contributed by atoms with E-state index in [0.717, 1.165) is 17.6 Å². The van der Waals surface area contributed by atoms with Crippen molar-refractivity contribution >= 4 is 16.9 Å². The minimum Gasteiger partial charge on any atom is -0.399 e. The van der Waals surface area contributed by atoms with Gasteiger partial charge in [-0.25, -0.2) is 0 Å². The monoisotopic (exact) mass is 162 g/mol. The van der Waals surface area contributed by atoms with Crippen molar-refractivity contribution in [2.24, 2.45) is 0 Å². The van der Waals surface area contributed by atoms with Crippen molar-refractivity contribution < 1.29 is 0 Å². The zero-order chi connectivity index (χ0) is 9.14. The number of benzene rings is 1. The van der Waals surface area contributed by atoms with E-state index in [0.29, 0.717) is 11.4 Å². The summed E-state index contributed by atoms with van der Waals surface area (Å²) in [5.74, 6) is 0. The van der Waals surface area contributed by atoms with Crippen LogP contribution in [0.2, 0.25) is 0 Å². The minimum absolute atomic E-state index is 0.694. The molecule has 0 aliphatic carbocycles. The summed E-state index contributed by atoms with van der Waals surface area (Å²) < 4.78 is 0. The van der Waals surface area contributed by atoms with Gasteiger partial charge in [0.2, 0.25) is 0 Å². The molecule has 0 aromatic heterocycles. The normalized spacial score (nSPS) is 9.75. The molecule has 2 nitrogen and oxygen atoms in total. The first kappa shape index (κ1) is 8.65. The molecule has 0 amide bonds. The highest BCUT2D eigenvalue weighted by molar-refractivity contribution is 5.70. The Balaban J connectivity index is 3.08. The van der Waals surface area contributed by atoms with Crippen molar-refractivity contribution in [1.29, 1.82) is 0 Å². The molecule has 4 N–H and O–H groups in total. The third-order valence-electron chi connectivity index (χ3n) is 1.81. The fourth-order valence-corrected chi connectivity index (χ4v) is 1.08. The fraction of sp³-hybridized carbons (Fsp3) is 0.200. The van der Waals surface area contributed by atoms with E-state index in [9.17, 15) is 0 Å². The number of nitrogens with two attached hydrogens (primary N) is 2. The van der Waals surface area contributed by atoms with Crippen LogP contribution in [-0.2, 0) is 0 Å². The first-order valence-electron chi connectivity index (χ1n) is 3.97. The van der Waals surface area contributed by atoms with Crippen LogP contribution < -0.4 is 11.5 Å². The maximum absolute atomic E-state index is 5.63. The van der Waals surface area contributed by atoms with Crippen molar-refractivity contribution in [3.05, 3.63) is 30.3 Å². The molecule has 0 radical (unpaired) electrons. The molecule has 1 aromatic carbocycles. The molecule has 12 heavy (non-hydrogen) atoms. The lowest BCUT2D eigenvalue weighted by molar-refractivity contribution is 1.25. The van der Waals surface area contributed by atoms with E-state index in [1.807, 2.05) is 12.1 Å². The molecular weight excluding hydrogens is 148 g/mol. The molecule has 0 bridgehead atoms. The molecule has 0 saturated carbocycles. The molecule has 2 heteroatoms. The Kier molecular flexibility index (Phi) is 2.38. The second-order valence-corrected chi connectivity index (χ2v) is 2.85. The maximum atomic E-state index is 5.63. The molecule has 0 atom stereocenters. The molecule has 0 unspecified atom stereocenters. The Morgan fingerprint density at radius 3 is 2.17 bits per heavy atom. The van der Waals surface area contributed by atoms with Gasteiger partial charge in [-0.1, -0.05) is 13.5 Å². The van der Waals surface area contributed by atoms with E-state index < -0.39 is 0 Å². The number of hydrogen-bond acceptors (Lipinski definition) is 2. The highest BCUT2D eigenvalue weighted by Crippen LogP contribution is 2.21. The summed E-state index contributed by atoms with van der Waals surface area (Å²) in [6, 6.07) is 5.52. The minimum atomic E-state index is 0.694. The first-order chi connectivity index (χ1) is 5.63. The highest BCUT2D eigenvalue weighted by Gasteiger charge is 1.98. The van der Waals surface area contributed by atoms with Crippen molar-refractivity contribution in [3.63, 3.8) is 0 Å². The van der Waals surface area contributed by atoms with Gasteiger partial charge in [0.1, 0.15) is 0 Å². The molecule has 0 heterocycles. The molecule has 0 saturated heterocycles. The predicted molar refractivity (Wildman–Crippen MR) is 54.6 cm³/mol. The maximum Gasteiger partial charge on any atom is 0.0340 e. The van der Waals surface area contributed by atoms with Crippen molar-refractivity contribution in [1.82, 2.24) is 0 Å². The third-order valence-corrected chi connectivity index (χ3v) is 1.81. The number of hydrogen-bond donors (Lipinski definition) is 2. The van der Waals surface area contributed by atoms with Crippen molar-refractivity contribution in [2.45, 2.75) is 13.3 Å². The summed E-state index contributed by atoms with van der Waals surface area (Å²) in [6.45, 7) is 5.97. The second kappa shape index (κ2) is 3.30. The van der Waals surface area contributed by atoms with Crippen LogP contribution in [-0.4, -0.2) is 0 Å². The number of anilines is 2. The van der Waals surface area contributed by atoms with Gasteiger partial charge in [0.15, 0.2) is 0 Å². The lowest BCUT2D eigenvalue weighted by Gasteiger charge is -2.05. The van der Waals surface area contributed by atoms with Crippen LogP contribution in [0.4, 0.5) is 11.4 Å². The summed E-state index contributed by atoms with van der Waals surface area (Å²) in [6.07, 6.45) is 0.920. The van der Waals surface area contributed by atoms with Gasteiger partial charge < -0.3 is 11.5 Å². The molecule has 0 aliphatic rings. The van der Waals surface area contributed by atoms with E-state index in [1.165, 1.54) is 0 Å². The second-order valence-electron chi connectivity index (χ2n) is 2.85. The Morgan fingerprint density at radius 1 is 1.25 bits per heavy atom. The van der Waals surface area contributed by atoms with Crippen LogP contribution in [0.15, 0.2) is 24.8 Å². The van der Waals surface area contributed by atoms with Gasteiger partial charge in [0.05, 0.1) is 0 Å². The van der Waals surface area contributed by atoms with Crippen LogP contribution in [0, 0.1) is 0 Å². The number of rotatable bonds is 2. The number of nitrogen functional groups attached to an aromatic ring is 2. The van der Waals surface area contributed by atoms with Crippen LogP contribution in [0.3, 0.4) is 0 Å². The van der Waals surface area contributed by atoms with Crippen molar-refractivity contribution in [3.8, 4) is 0 Å². The number of allylic oxidation sites excluding steroid dienone is 1. The van der Waals surface area contributed by atoms with E-state index >= 15 is 0 Å². The molecule has 0 aliphatic heterocycles. The fourth-order valence-electron chi connectivity index (χ4n) is 1.08.